The molecule has 0 radical (unpaired) electrons. The molecule has 1 aromatic carbocycles. The lowest BCUT2D eigenvalue weighted by Gasteiger charge is -2.12. The Labute approximate surface area is 84.9 Å². The van der Waals surface area contributed by atoms with Crippen LogP contribution >= 0.6 is 0 Å². The Morgan fingerprint density at radius 1 is 1.36 bits per heavy atom. The number of nitrogens with one attached hydrogen (secondary N) is 1. The van der Waals surface area contributed by atoms with Crippen LogP contribution in [0.4, 0.5) is 5.69 Å². The molecule has 0 bridgehead atoms. The molecule has 78 valence electrons. The molecular formula is C11H18N2O. The monoisotopic (exact) mass is 194 g/mol. The van der Waals surface area contributed by atoms with Gasteiger partial charge < -0.3 is 16.2 Å². The summed E-state index contributed by atoms with van der Waals surface area (Å²) >= 11 is 0. The average Bonchev–Trinajstić information content (AvgIpc) is 2.21. The van der Waals surface area contributed by atoms with E-state index >= 15 is 0 Å². The average molecular weight is 194 g/mol. The van der Waals surface area contributed by atoms with E-state index in [2.05, 4.69) is 5.32 Å². The molecule has 1 aromatic rings. The summed E-state index contributed by atoms with van der Waals surface area (Å²) in [6, 6.07) is 8.34. The summed E-state index contributed by atoms with van der Waals surface area (Å²) in [6.07, 6.45) is 0.715. The van der Waals surface area contributed by atoms with Gasteiger partial charge in [0.1, 0.15) is 0 Å². The van der Waals surface area contributed by atoms with Crippen LogP contribution < -0.4 is 11.1 Å². The van der Waals surface area contributed by atoms with E-state index < -0.39 is 0 Å². The van der Waals surface area contributed by atoms with E-state index in [1.807, 2.05) is 31.2 Å². The molecule has 0 aliphatic carbocycles. The number of hydrogen-bond donors (Lipinski definition) is 3. The molecule has 0 aliphatic heterocycles. The minimum Gasteiger partial charge on any atom is -0.396 e. The van der Waals surface area contributed by atoms with Crippen molar-refractivity contribution >= 4 is 5.69 Å². The van der Waals surface area contributed by atoms with Gasteiger partial charge in [0.15, 0.2) is 0 Å². The maximum atomic E-state index is 8.74. The van der Waals surface area contributed by atoms with Crippen LogP contribution in [0, 0.1) is 0 Å². The van der Waals surface area contributed by atoms with Gasteiger partial charge in [-0.3, -0.25) is 0 Å². The number of nitrogens with two attached hydrogens (primary N) is 1. The van der Waals surface area contributed by atoms with Gasteiger partial charge in [-0.15, -0.1) is 0 Å². The van der Waals surface area contributed by atoms with Crippen molar-refractivity contribution < 1.29 is 5.11 Å². The zero-order valence-corrected chi connectivity index (χ0v) is 8.53. The van der Waals surface area contributed by atoms with Crippen molar-refractivity contribution in [1.82, 2.24) is 0 Å². The highest BCUT2D eigenvalue weighted by Crippen LogP contribution is 2.10. The maximum absolute atomic E-state index is 8.74. The molecule has 3 heteroatoms. The fourth-order valence-corrected chi connectivity index (χ4v) is 1.24. The number of benzene rings is 1. The summed E-state index contributed by atoms with van der Waals surface area (Å²) in [4.78, 5) is 0. The molecule has 1 atom stereocenters. The zero-order valence-electron chi connectivity index (χ0n) is 8.53. The van der Waals surface area contributed by atoms with E-state index in [1.165, 1.54) is 0 Å². The Balaban J connectivity index is 2.54. The second kappa shape index (κ2) is 5.62. The van der Waals surface area contributed by atoms with E-state index in [0.29, 0.717) is 19.0 Å². The number of hydrogen-bond acceptors (Lipinski definition) is 3. The Morgan fingerprint density at radius 2 is 2.00 bits per heavy atom. The SMILES string of the molecule is CC(CN)Nc1ccc(CCO)cc1. The lowest BCUT2D eigenvalue weighted by atomic mass is 10.1. The van der Waals surface area contributed by atoms with Crippen LogP contribution in [0.3, 0.4) is 0 Å². The molecule has 1 rings (SSSR count). The third-order valence-electron chi connectivity index (χ3n) is 2.12. The highest BCUT2D eigenvalue weighted by atomic mass is 16.2. The van der Waals surface area contributed by atoms with Gasteiger partial charge in [0.05, 0.1) is 0 Å². The Hall–Kier alpha value is -1.06. The lowest BCUT2D eigenvalue weighted by Crippen LogP contribution is -2.25. The van der Waals surface area contributed by atoms with Gasteiger partial charge in [-0.2, -0.15) is 0 Å². The normalized spacial score (nSPS) is 12.5. The predicted octanol–water partition coefficient (Wildman–Crippen LogP) is 0.980. The standard InChI is InChI=1S/C11H18N2O/c1-9(8-12)13-11-4-2-10(3-5-11)6-7-14/h2-5,9,13-14H,6-8,12H2,1H3. The molecule has 0 saturated carbocycles. The summed E-state index contributed by atoms with van der Waals surface area (Å²) in [6.45, 7) is 2.87. The number of anilines is 1. The van der Waals surface area contributed by atoms with Crippen LogP contribution in [0.5, 0.6) is 0 Å². The van der Waals surface area contributed by atoms with Gasteiger partial charge in [0, 0.05) is 24.9 Å². The van der Waals surface area contributed by atoms with E-state index in [-0.39, 0.29) is 6.61 Å². The third-order valence-corrected chi connectivity index (χ3v) is 2.12. The first-order valence-electron chi connectivity index (χ1n) is 4.92. The molecule has 14 heavy (non-hydrogen) atoms. The topological polar surface area (TPSA) is 58.3 Å². The van der Waals surface area contributed by atoms with Gasteiger partial charge in [0.25, 0.3) is 0 Å². The van der Waals surface area contributed by atoms with Gasteiger partial charge in [-0.25, -0.2) is 0 Å². The molecule has 0 heterocycles. The van der Waals surface area contributed by atoms with Crippen molar-refractivity contribution in [3.05, 3.63) is 29.8 Å². The molecule has 0 aromatic heterocycles. The van der Waals surface area contributed by atoms with E-state index in [9.17, 15) is 0 Å². The third kappa shape index (κ3) is 3.36. The molecule has 0 aliphatic rings. The molecule has 4 N–H and O–H groups in total. The highest BCUT2D eigenvalue weighted by Gasteiger charge is 1.98. The summed E-state index contributed by atoms with van der Waals surface area (Å²) in [5.74, 6) is 0. The fraction of sp³-hybridized carbons (Fsp3) is 0.455. The van der Waals surface area contributed by atoms with Gasteiger partial charge in [-0.05, 0) is 31.0 Å². The number of rotatable bonds is 5. The van der Waals surface area contributed by atoms with Crippen LogP contribution in [0.1, 0.15) is 12.5 Å². The quantitative estimate of drug-likeness (QED) is 0.655. The Kier molecular flexibility index (Phi) is 4.43. The van der Waals surface area contributed by atoms with Gasteiger partial charge >= 0.3 is 0 Å². The van der Waals surface area contributed by atoms with Crippen LogP contribution in [0.2, 0.25) is 0 Å². The van der Waals surface area contributed by atoms with Crippen molar-refractivity contribution in [2.24, 2.45) is 5.73 Å². The maximum Gasteiger partial charge on any atom is 0.0471 e. The number of aliphatic hydroxyl groups is 1. The largest absolute Gasteiger partial charge is 0.396 e. The van der Waals surface area contributed by atoms with Gasteiger partial charge in [-0.1, -0.05) is 12.1 Å². The second-order valence-electron chi connectivity index (χ2n) is 3.45. The van der Waals surface area contributed by atoms with Crippen molar-refractivity contribution in [3.8, 4) is 0 Å². The number of aliphatic hydroxyl groups excluding tert-OH is 1. The van der Waals surface area contributed by atoms with Crippen LogP contribution in [-0.4, -0.2) is 24.3 Å². The van der Waals surface area contributed by atoms with Crippen LogP contribution in [-0.2, 0) is 6.42 Å². The molecule has 0 saturated heterocycles. The van der Waals surface area contributed by atoms with Crippen molar-refractivity contribution in [1.29, 1.82) is 0 Å². The second-order valence-corrected chi connectivity index (χ2v) is 3.45. The first kappa shape index (κ1) is 11.0. The molecule has 1 unspecified atom stereocenters. The summed E-state index contributed by atoms with van der Waals surface area (Å²) in [5.41, 5.74) is 7.73. The van der Waals surface area contributed by atoms with Gasteiger partial charge in [0.2, 0.25) is 0 Å². The Morgan fingerprint density at radius 3 is 2.50 bits per heavy atom. The van der Waals surface area contributed by atoms with Crippen LogP contribution in [0.15, 0.2) is 24.3 Å². The smallest absolute Gasteiger partial charge is 0.0471 e. The molecule has 0 spiro atoms. The summed E-state index contributed by atoms with van der Waals surface area (Å²) in [5, 5.41) is 12.0. The zero-order chi connectivity index (χ0) is 10.4. The van der Waals surface area contributed by atoms with Crippen molar-refractivity contribution in [3.63, 3.8) is 0 Å². The minimum absolute atomic E-state index is 0.200. The summed E-state index contributed by atoms with van der Waals surface area (Å²) in [7, 11) is 0. The first-order chi connectivity index (χ1) is 6.76. The Bertz CT molecular complexity index is 258. The van der Waals surface area contributed by atoms with Crippen molar-refractivity contribution in [2.75, 3.05) is 18.5 Å². The van der Waals surface area contributed by atoms with Crippen LogP contribution in [0.25, 0.3) is 0 Å². The first-order valence-corrected chi connectivity index (χ1v) is 4.92. The fourth-order valence-electron chi connectivity index (χ4n) is 1.24. The molecular weight excluding hydrogens is 176 g/mol. The minimum atomic E-state index is 0.200. The molecule has 3 nitrogen and oxygen atoms in total. The molecule has 0 fully saturated rings. The van der Waals surface area contributed by atoms with E-state index in [1.54, 1.807) is 0 Å². The van der Waals surface area contributed by atoms with E-state index in [4.69, 9.17) is 10.8 Å². The lowest BCUT2D eigenvalue weighted by molar-refractivity contribution is 0.299. The van der Waals surface area contributed by atoms with E-state index in [0.717, 1.165) is 11.3 Å². The highest BCUT2D eigenvalue weighted by molar-refractivity contribution is 5.45. The summed E-state index contributed by atoms with van der Waals surface area (Å²) < 4.78 is 0. The van der Waals surface area contributed by atoms with Crippen molar-refractivity contribution in [2.45, 2.75) is 19.4 Å². The predicted molar refractivity (Wildman–Crippen MR) is 59.4 cm³/mol. The molecule has 0 amide bonds.